The average Bonchev–Trinajstić information content (AvgIpc) is 2.34. The second kappa shape index (κ2) is 9.03. The number of amides is 1. The largest absolute Gasteiger partial charge is 0.484 e. The highest BCUT2D eigenvalue weighted by molar-refractivity contribution is 6.30. The number of carbonyl (C=O) groups is 1. The summed E-state index contributed by atoms with van der Waals surface area (Å²) in [6.45, 7) is 1.48. The first-order chi connectivity index (χ1) is 8.13. The first-order valence-electron chi connectivity index (χ1n) is 5.40. The summed E-state index contributed by atoms with van der Waals surface area (Å²) in [6, 6.07) is 6.94. The molecule has 0 atom stereocenters. The van der Waals surface area contributed by atoms with Crippen LogP contribution in [0.25, 0.3) is 0 Å². The van der Waals surface area contributed by atoms with Crippen molar-refractivity contribution < 1.29 is 9.53 Å². The number of rotatable bonds is 6. The highest BCUT2D eigenvalue weighted by atomic mass is 35.5. The minimum atomic E-state index is -0.0461. The summed E-state index contributed by atoms with van der Waals surface area (Å²) in [5.41, 5.74) is 0. The molecule has 0 radical (unpaired) electrons. The van der Waals surface area contributed by atoms with E-state index < -0.39 is 0 Å². The molecule has 1 aromatic carbocycles. The van der Waals surface area contributed by atoms with Gasteiger partial charge >= 0.3 is 0 Å². The summed E-state index contributed by atoms with van der Waals surface area (Å²) >= 11 is 5.74. The maximum Gasteiger partial charge on any atom is 0.260 e. The molecule has 18 heavy (non-hydrogen) atoms. The molecule has 0 aliphatic rings. The Hall–Kier alpha value is -0.970. The Balaban J connectivity index is 0.00000289. The van der Waals surface area contributed by atoms with Crippen molar-refractivity contribution in [1.29, 1.82) is 0 Å². The zero-order valence-electron chi connectivity index (χ0n) is 10.5. The van der Waals surface area contributed by atoms with E-state index >= 15 is 0 Å². The van der Waals surface area contributed by atoms with Gasteiger partial charge in [0.25, 0.3) is 5.91 Å². The third-order valence-corrected chi connectivity index (χ3v) is 2.55. The molecule has 0 saturated heterocycles. The molecule has 0 aliphatic carbocycles. The van der Waals surface area contributed by atoms with Gasteiger partial charge in [-0.2, -0.15) is 0 Å². The number of hydrogen-bond acceptors (Lipinski definition) is 3. The molecule has 0 spiro atoms. The van der Waals surface area contributed by atoms with Crippen molar-refractivity contribution in [3.63, 3.8) is 0 Å². The number of carbonyl (C=O) groups excluding carboxylic acids is 1. The molecule has 1 N–H and O–H groups in total. The lowest BCUT2D eigenvalue weighted by molar-refractivity contribution is -0.131. The van der Waals surface area contributed by atoms with Crippen LogP contribution in [0.15, 0.2) is 24.3 Å². The maximum absolute atomic E-state index is 11.6. The van der Waals surface area contributed by atoms with Gasteiger partial charge in [-0.15, -0.1) is 12.4 Å². The third kappa shape index (κ3) is 6.10. The molecule has 0 heterocycles. The predicted octanol–water partition coefficient (Wildman–Crippen LogP) is 1.82. The van der Waals surface area contributed by atoms with Crippen LogP contribution in [0.1, 0.15) is 0 Å². The fraction of sp³-hybridized carbons (Fsp3) is 0.417. The summed E-state index contributed by atoms with van der Waals surface area (Å²) in [4.78, 5) is 13.3. The quantitative estimate of drug-likeness (QED) is 0.870. The van der Waals surface area contributed by atoms with Crippen molar-refractivity contribution in [2.24, 2.45) is 0 Å². The molecular weight excluding hydrogens is 275 g/mol. The second-order valence-electron chi connectivity index (χ2n) is 3.66. The van der Waals surface area contributed by atoms with E-state index in [1.807, 2.05) is 7.05 Å². The van der Waals surface area contributed by atoms with Gasteiger partial charge in [-0.05, 0) is 31.3 Å². The average molecular weight is 293 g/mol. The molecule has 0 aliphatic heterocycles. The minimum absolute atomic E-state index is 0. The monoisotopic (exact) mass is 292 g/mol. The molecule has 4 nitrogen and oxygen atoms in total. The Morgan fingerprint density at radius 1 is 1.39 bits per heavy atom. The van der Waals surface area contributed by atoms with Gasteiger partial charge < -0.3 is 15.0 Å². The van der Waals surface area contributed by atoms with Gasteiger partial charge in [-0.3, -0.25) is 4.79 Å². The Morgan fingerprint density at radius 3 is 2.56 bits per heavy atom. The number of hydrogen-bond donors (Lipinski definition) is 1. The summed E-state index contributed by atoms with van der Waals surface area (Å²) < 4.78 is 5.35. The fourth-order valence-electron chi connectivity index (χ4n) is 1.19. The van der Waals surface area contributed by atoms with Crippen LogP contribution in [-0.4, -0.2) is 44.6 Å². The zero-order valence-corrected chi connectivity index (χ0v) is 12.1. The van der Waals surface area contributed by atoms with Gasteiger partial charge in [-0.25, -0.2) is 0 Å². The highest BCUT2D eigenvalue weighted by Gasteiger charge is 2.08. The third-order valence-electron chi connectivity index (χ3n) is 2.30. The number of benzene rings is 1. The van der Waals surface area contributed by atoms with Gasteiger partial charge in [0.1, 0.15) is 5.75 Å². The number of ether oxygens (including phenoxy) is 1. The van der Waals surface area contributed by atoms with Gasteiger partial charge in [0.05, 0.1) is 0 Å². The van der Waals surface area contributed by atoms with Crippen molar-refractivity contribution in [1.82, 2.24) is 10.2 Å². The first kappa shape index (κ1) is 17.0. The van der Waals surface area contributed by atoms with E-state index in [0.717, 1.165) is 6.54 Å². The Bertz CT molecular complexity index is 358. The smallest absolute Gasteiger partial charge is 0.260 e. The van der Waals surface area contributed by atoms with Gasteiger partial charge in [0.2, 0.25) is 0 Å². The van der Waals surface area contributed by atoms with Crippen LogP contribution in [0.5, 0.6) is 5.75 Å². The van der Waals surface area contributed by atoms with Gasteiger partial charge in [-0.1, -0.05) is 11.6 Å². The van der Waals surface area contributed by atoms with Crippen molar-refractivity contribution in [2.45, 2.75) is 0 Å². The van der Waals surface area contributed by atoms with Crippen LogP contribution in [0.2, 0.25) is 5.02 Å². The molecule has 0 saturated carbocycles. The van der Waals surface area contributed by atoms with Gasteiger partial charge in [0, 0.05) is 25.2 Å². The van der Waals surface area contributed by atoms with E-state index in [1.165, 1.54) is 0 Å². The molecule has 0 fully saturated rings. The Morgan fingerprint density at radius 2 is 2.00 bits per heavy atom. The van der Waals surface area contributed by atoms with E-state index in [1.54, 1.807) is 36.2 Å². The molecule has 1 amide bonds. The van der Waals surface area contributed by atoms with E-state index in [2.05, 4.69) is 5.32 Å². The molecule has 1 rings (SSSR count). The highest BCUT2D eigenvalue weighted by Crippen LogP contribution is 2.15. The van der Waals surface area contributed by atoms with Gasteiger partial charge in [0.15, 0.2) is 6.61 Å². The number of halogens is 2. The lowest BCUT2D eigenvalue weighted by Crippen LogP contribution is -2.35. The molecule has 102 valence electrons. The fourth-order valence-corrected chi connectivity index (χ4v) is 1.32. The van der Waals surface area contributed by atoms with Crippen LogP contribution in [0.3, 0.4) is 0 Å². The van der Waals surface area contributed by atoms with Crippen molar-refractivity contribution in [3.05, 3.63) is 29.3 Å². The second-order valence-corrected chi connectivity index (χ2v) is 4.10. The first-order valence-corrected chi connectivity index (χ1v) is 5.78. The van der Waals surface area contributed by atoms with Crippen LogP contribution in [-0.2, 0) is 4.79 Å². The lowest BCUT2D eigenvalue weighted by atomic mass is 10.3. The van der Waals surface area contributed by atoms with E-state index in [-0.39, 0.29) is 24.9 Å². The van der Waals surface area contributed by atoms with E-state index in [9.17, 15) is 4.79 Å². The summed E-state index contributed by atoms with van der Waals surface area (Å²) in [7, 11) is 3.60. The normalized spacial score (nSPS) is 9.50. The number of nitrogens with zero attached hydrogens (tertiary/aromatic N) is 1. The predicted molar refractivity (Wildman–Crippen MR) is 75.8 cm³/mol. The number of likely N-dealkylation sites (N-methyl/N-ethyl adjacent to an activating group) is 2. The Kier molecular flexibility index (Phi) is 8.54. The number of nitrogens with one attached hydrogen (secondary N) is 1. The van der Waals surface area contributed by atoms with Crippen LogP contribution in [0.4, 0.5) is 0 Å². The maximum atomic E-state index is 11.6. The molecule has 1 aromatic rings. The topological polar surface area (TPSA) is 41.6 Å². The van der Waals surface area contributed by atoms with Crippen LogP contribution < -0.4 is 10.1 Å². The minimum Gasteiger partial charge on any atom is -0.484 e. The molecule has 6 heteroatoms. The van der Waals surface area contributed by atoms with Crippen molar-refractivity contribution in [2.75, 3.05) is 33.8 Å². The standard InChI is InChI=1S/C12H17ClN2O2.ClH/c1-14-7-8-15(2)12(16)9-17-11-5-3-10(13)4-6-11;/h3-6,14H,7-9H2,1-2H3;1H. The lowest BCUT2D eigenvalue weighted by Gasteiger charge is -2.17. The van der Waals surface area contributed by atoms with Crippen molar-refractivity contribution in [3.8, 4) is 5.75 Å². The SMILES string of the molecule is CNCCN(C)C(=O)COc1ccc(Cl)cc1.Cl. The molecule has 0 bridgehead atoms. The van der Waals surface area contributed by atoms with Crippen LogP contribution >= 0.6 is 24.0 Å². The van der Waals surface area contributed by atoms with E-state index in [4.69, 9.17) is 16.3 Å². The van der Waals surface area contributed by atoms with Crippen molar-refractivity contribution >= 4 is 29.9 Å². The van der Waals surface area contributed by atoms with E-state index in [0.29, 0.717) is 17.3 Å². The molecule has 0 aromatic heterocycles. The summed E-state index contributed by atoms with van der Waals surface area (Å²) in [5, 5.41) is 3.63. The van der Waals surface area contributed by atoms with Crippen LogP contribution in [0, 0.1) is 0 Å². The molecular formula is C12H18Cl2N2O2. The summed E-state index contributed by atoms with van der Waals surface area (Å²) in [6.07, 6.45) is 0. The molecule has 0 unspecified atom stereocenters. The zero-order chi connectivity index (χ0) is 12.7. The Labute approximate surface area is 119 Å². The summed E-state index contributed by atoms with van der Waals surface area (Å²) in [5.74, 6) is 0.597.